The Morgan fingerprint density at radius 2 is 2.21 bits per heavy atom. The summed E-state index contributed by atoms with van der Waals surface area (Å²) in [5.41, 5.74) is 2.07. The van der Waals surface area contributed by atoms with E-state index in [1.54, 1.807) is 20.2 Å². The smallest absolute Gasteiger partial charge is 0.224 e. The molecule has 102 valence electrons. The number of fused-ring (bicyclic) bond motifs is 1. The van der Waals surface area contributed by atoms with Crippen LogP contribution in [0.4, 0.5) is 5.69 Å². The van der Waals surface area contributed by atoms with Crippen molar-refractivity contribution in [3.8, 4) is 5.88 Å². The monoisotopic (exact) mass is 260 g/mol. The lowest BCUT2D eigenvalue weighted by atomic mass is 9.84. The van der Waals surface area contributed by atoms with Crippen LogP contribution in [0.25, 0.3) is 0 Å². The summed E-state index contributed by atoms with van der Waals surface area (Å²) in [5.74, 6) is 1.91. The van der Waals surface area contributed by atoms with Gasteiger partial charge in [-0.25, -0.2) is 4.98 Å². The average Bonchev–Trinajstić information content (AvgIpc) is 3.20. The molecule has 1 aliphatic heterocycles. The van der Waals surface area contributed by atoms with Gasteiger partial charge in [0.1, 0.15) is 0 Å². The van der Waals surface area contributed by atoms with Gasteiger partial charge < -0.3 is 9.64 Å². The number of hydrogen-bond donors (Lipinski definition) is 0. The normalized spacial score (nSPS) is 25.9. The van der Waals surface area contributed by atoms with E-state index in [1.807, 2.05) is 11.0 Å². The molecule has 1 saturated carbocycles. The molecule has 1 amide bonds. The first-order valence-corrected chi connectivity index (χ1v) is 6.95. The molecule has 2 aliphatic rings. The van der Waals surface area contributed by atoms with Gasteiger partial charge in [-0.05, 0) is 37.2 Å². The van der Waals surface area contributed by atoms with Crippen LogP contribution in [0.2, 0.25) is 0 Å². The maximum Gasteiger partial charge on any atom is 0.224 e. The van der Waals surface area contributed by atoms with Crippen molar-refractivity contribution >= 4 is 11.6 Å². The van der Waals surface area contributed by atoms with Gasteiger partial charge in [0, 0.05) is 24.7 Å². The molecule has 19 heavy (non-hydrogen) atoms. The minimum atomic E-state index is 0.123. The molecule has 4 nitrogen and oxygen atoms in total. The van der Waals surface area contributed by atoms with Crippen molar-refractivity contribution in [3.05, 3.63) is 17.8 Å². The van der Waals surface area contributed by atoms with Crippen molar-refractivity contribution in [2.45, 2.75) is 39.2 Å². The second-order valence-electron chi connectivity index (χ2n) is 5.72. The highest BCUT2D eigenvalue weighted by atomic mass is 16.5. The fraction of sp³-hybridized carbons (Fsp3) is 0.600. The summed E-state index contributed by atoms with van der Waals surface area (Å²) in [5, 5.41) is 0. The Hall–Kier alpha value is -1.58. The van der Waals surface area contributed by atoms with Crippen LogP contribution < -0.4 is 9.64 Å². The number of carbonyl (C=O) groups is 1. The van der Waals surface area contributed by atoms with E-state index in [0.717, 1.165) is 17.7 Å². The zero-order chi connectivity index (χ0) is 13.6. The Morgan fingerprint density at radius 1 is 1.47 bits per heavy atom. The quantitative estimate of drug-likeness (QED) is 0.820. The van der Waals surface area contributed by atoms with E-state index < -0.39 is 0 Å². The minimum absolute atomic E-state index is 0.123. The summed E-state index contributed by atoms with van der Waals surface area (Å²) in [7, 11) is 1.64. The van der Waals surface area contributed by atoms with Crippen molar-refractivity contribution in [3.63, 3.8) is 0 Å². The number of ether oxygens (including phenoxy) is 1. The van der Waals surface area contributed by atoms with Gasteiger partial charge in [-0.1, -0.05) is 6.92 Å². The number of methoxy groups -OCH3 is 1. The summed E-state index contributed by atoms with van der Waals surface area (Å²) in [4.78, 5) is 18.4. The average molecular weight is 260 g/mol. The maximum atomic E-state index is 12.1. The molecule has 0 N–H and O–H groups in total. The van der Waals surface area contributed by atoms with Gasteiger partial charge in [0.25, 0.3) is 0 Å². The van der Waals surface area contributed by atoms with E-state index in [0.29, 0.717) is 23.8 Å². The van der Waals surface area contributed by atoms with Crippen molar-refractivity contribution in [1.29, 1.82) is 0 Å². The third-order valence-corrected chi connectivity index (χ3v) is 4.30. The lowest BCUT2D eigenvalue weighted by Crippen LogP contribution is -2.48. The van der Waals surface area contributed by atoms with Crippen LogP contribution in [-0.2, 0) is 11.2 Å². The maximum absolute atomic E-state index is 12.1. The summed E-state index contributed by atoms with van der Waals surface area (Å²) in [6.45, 7) is 3.89. The van der Waals surface area contributed by atoms with Gasteiger partial charge >= 0.3 is 0 Å². The number of rotatable bonds is 2. The molecule has 0 bridgehead atoms. The molecule has 0 aromatic carbocycles. The second-order valence-corrected chi connectivity index (χ2v) is 5.72. The summed E-state index contributed by atoms with van der Waals surface area (Å²) in [6.07, 6.45) is 5.16. The first-order valence-electron chi connectivity index (χ1n) is 6.95. The molecule has 1 aliphatic carbocycles. The molecule has 4 heteroatoms. The summed E-state index contributed by atoms with van der Waals surface area (Å²) >= 11 is 0. The predicted molar refractivity (Wildman–Crippen MR) is 73.3 cm³/mol. The van der Waals surface area contributed by atoms with E-state index in [9.17, 15) is 4.79 Å². The van der Waals surface area contributed by atoms with Crippen LogP contribution in [0, 0.1) is 11.8 Å². The van der Waals surface area contributed by atoms with Crippen LogP contribution in [0.3, 0.4) is 0 Å². The molecule has 1 fully saturated rings. The molecular formula is C15H20N2O2. The lowest BCUT2D eigenvalue weighted by molar-refractivity contribution is -0.117. The van der Waals surface area contributed by atoms with Crippen molar-refractivity contribution < 1.29 is 9.53 Å². The van der Waals surface area contributed by atoms with Gasteiger partial charge in [0.15, 0.2) is 0 Å². The molecule has 2 heterocycles. The van der Waals surface area contributed by atoms with Crippen LogP contribution in [0.15, 0.2) is 12.3 Å². The van der Waals surface area contributed by atoms with Gasteiger partial charge in [0.2, 0.25) is 11.8 Å². The number of carbonyl (C=O) groups excluding carboxylic acids is 1. The van der Waals surface area contributed by atoms with Gasteiger partial charge in [-0.15, -0.1) is 0 Å². The van der Waals surface area contributed by atoms with E-state index in [-0.39, 0.29) is 5.91 Å². The predicted octanol–water partition coefficient (Wildman–Crippen LogP) is 2.41. The molecule has 1 aromatic heterocycles. The zero-order valence-electron chi connectivity index (χ0n) is 11.7. The zero-order valence-corrected chi connectivity index (χ0v) is 11.7. The number of amides is 1. The van der Waals surface area contributed by atoms with Crippen LogP contribution >= 0.6 is 0 Å². The third kappa shape index (κ3) is 1.99. The summed E-state index contributed by atoms with van der Waals surface area (Å²) < 4.78 is 5.35. The highest BCUT2D eigenvalue weighted by Gasteiger charge is 2.44. The van der Waals surface area contributed by atoms with Gasteiger partial charge in [-0.2, -0.15) is 0 Å². The molecule has 0 radical (unpaired) electrons. The van der Waals surface area contributed by atoms with E-state index >= 15 is 0 Å². The topological polar surface area (TPSA) is 42.4 Å². The highest BCUT2D eigenvalue weighted by Crippen LogP contribution is 2.46. The van der Waals surface area contributed by atoms with Crippen molar-refractivity contribution in [2.24, 2.45) is 11.8 Å². The first-order chi connectivity index (χ1) is 9.13. The number of aromatic nitrogens is 1. The molecule has 1 aromatic rings. The van der Waals surface area contributed by atoms with Crippen LogP contribution in [-0.4, -0.2) is 24.0 Å². The Kier molecular flexibility index (Phi) is 2.96. The fourth-order valence-corrected chi connectivity index (χ4v) is 3.41. The summed E-state index contributed by atoms with van der Waals surface area (Å²) in [6, 6.07) is 2.29. The van der Waals surface area contributed by atoms with E-state index in [1.165, 1.54) is 12.8 Å². The first kappa shape index (κ1) is 12.5. The molecule has 3 rings (SSSR count). The number of pyridine rings is 1. The number of anilines is 1. The minimum Gasteiger partial charge on any atom is -0.481 e. The van der Waals surface area contributed by atoms with E-state index in [2.05, 4.69) is 11.9 Å². The largest absolute Gasteiger partial charge is 0.481 e. The molecule has 2 atom stereocenters. The Morgan fingerprint density at radius 3 is 2.79 bits per heavy atom. The number of hydrogen-bond acceptors (Lipinski definition) is 3. The second kappa shape index (κ2) is 4.51. The fourth-order valence-electron chi connectivity index (χ4n) is 3.41. The highest BCUT2D eigenvalue weighted by molar-refractivity contribution is 5.94. The molecule has 0 spiro atoms. The standard InChI is InChI=1S/C15H20N2O2/c1-9-8-12-13(6-7-16-15(12)19-3)17(10(2)18)14(9)11-4-5-11/h6-7,9,11,14H,4-5,8H2,1-3H3/t9?,14-/m1/s1. The lowest BCUT2D eigenvalue weighted by Gasteiger charge is -2.41. The van der Waals surface area contributed by atoms with Crippen LogP contribution in [0.5, 0.6) is 5.88 Å². The third-order valence-electron chi connectivity index (χ3n) is 4.30. The molecule has 0 saturated heterocycles. The molecule has 1 unspecified atom stereocenters. The number of nitrogens with zero attached hydrogens (tertiary/aromatic N) is 2. The van der Waals surface area contributed by atoms with Crippen LogP contribution in [0.1, 0.15) is 32.3 Å². The molecular weight excluding hydrogens is 240 g/mol. The SMILES string of the molecule is COc1nccc2c1CC(C)[C@H](C1CC1)N2C(C)=O. The Balaban J connectivity index is 2.10. The van der Waals surface area contributed by atoms with Gasteiger partial charge in [0.05, 0.1) is 12.8 Å². The van der Waals surface area contributed by atoms with Crippen molar-refractivity contribution in [1.82, 2.24) is 4.98 Å². The Bertz CT molecular complexity index is 511. The van der Waals surface area contributed by atoms with Crippen molar-refractivity contribution in [2.75, 3.05) is 12.0 Å². The van der Waals surface area contributed by atoms with Gasteiger partial charge in [-0.3, -0.25) is 4.79 Å². The Labute approximate surface area is 113 Å². The van der Waals surface area contributed by atoms with E-state index in [4.69, 9.17) is 4.74 Å².